The molecule has 1 aromatic rings. The van der Waals surface area contributed by atoms with E-state index in [1.807, 2.05) is 0 Å². The molecule has 2 heterocycles. The van der Waals surface area contributed by atoms with Crippen LogP contribution in [-0.4, -0.2) is 23.4 Å². The zero-order chi connectivity index (χ0) is 9.10. The minimum absolute atomic E-state index is 0.155. The van der Waals surface area contributed by atoms with E-state index in [1.165, 1.54) is 0 Å². The quantitative estimate of drug-likeness (QED) is 0.727. The van der Waals surface area contributed by atoms with Crippen molar-refractivity contribution in [3.63, 3.8) is 0 Å². The largest absolute Gasteiger partial charge is 0.381 e. The predicted octanol–water partition coefficient (Wildman–Crippen LogP) is 0.621. The average molecular weight is 183 g/mol. The Balaban J connectivity index is 1.89. The summed E-state index contributed by atoms with van der Waals surface area (Å²) in [6.45, 7) is 1.69. The van der Waals surface area contributed by atoms with Crippen molar-refractivity contribution < 1.29 is 9.26 Å². The minimum Gasteiger partial charge on any atom is -0.381 e. The summed E-state index contributed by atoms with van der Waals surface area (Å²) < 4.78 is 9.95. The lowest BCUT2D eigenvalue weighted by atomic mass is 9.96. The number of nitrogens with zero attached hydrogens (tertiary/aromatic N) is 2. The second-order valence-electron chi connectivity index (χ2n) is 3.31. The van der Waals surface area contributed by atoms with Crippen molar-refractivity contribution in [1.29, 1.82) is 0 Å². The van der Waals surface area contributed by atoms with Gasteiger partial charge in [0.25, 0.3) is 0 Å². The number of ether oxygens (including phenoxy) is 1. The molecular formula is C8H13N3O2. The van der Waals surface area contributed by atoms with Crippen LogP contribution in [0.15, 0.2) is 4.52 Å². The molecule has 5 nitrogen and oxygen atoms in total. The van der Waals surface area contributed by atoms with Gasteiger partial charge < -0.3 is 15.0 Å². The minimum atomic E-state index is 0.155. The number of nitrogen functional groups attached to an aromatic ring is 1. The van der Waals surface area contributed by atoms with Crippen molar-refractivity contribution in [2.45, 2.75) is 19.3 Å². The molecule has 0 spiro atoms. The van der Waals surface area contributed by atoms with Gasteiger partial charge in [0.1, 0.15) is 0 Å². The molecule has 0 amide bonds. The molecular weight excluding hydrogens is 170 g/mol. The Kier molecular flexibility index (Phi) is 2.44. The highest BCUT2D eigenvalue weighted by atomic mass is 16.5. The summed E-state index contributed by atoms with van der Waals surface area (Å²) in [4.78, 5) is 3.96. The molecule has 0 aliphatic carbocycles. The molecule has 0 saturated carbocycles. The smallest absolute Gasteiger partial charge is 0.318 e. The number of hydrogen-bond donors (Lipinski definition) is 1. The molecule has 0 radical (unpaired) electrons. The average Bonchev–Trinajstić information content (AvgIpc) is 2.53. The van der Waals surface area contributed by atoms with E-state index in [1.54, 1.807) is 0 Å². The van der Waals surface area contributed by atoms with E-state index in [9.17, 15) is 0 Å². The fraction of sp³-hybridized carbons (Fsp3) is 0.750. The molecule has 1 aliphatic rings. The van der Waals surface area contributed by atoms with Gasteiger partial charge in [-0.1, -0.05) is 5.16 Å². The number of anilines is 1. The fourth-order valence-corrected chi connectivity index (χ4v) is 1.56. The molecule has 1 saturated heterocycles. The van der Waals surface area contributed by atoms with Crippen LogP contribution in [0.1, 0.15) is 18.7 Å². The van der Waals surface area contributed by atoms with Crippen LogP contribution in [0.2, 0.25) is 0 Å². The monoisotopic (exact) mass is 183 g/mol. The zero-order valence-electron chi connectivity index (χ0n) is 7.40. The van der Waals surface area contributed by atoms with Crippen molar-refractivity contribution in [2.24, 2.45) is 5.92 Å². The van der Waals surface area contributed by atoms with Crippen LogP contribution in [0.25, 0.3) is 0 Å². The van der Waals surface area contributed by atoms with Gasteiger partial charge in [-0.3, -0.25) is 0 Å². The summed E-state index contributed by atoms with van der Waals surface area (Å²) in [5.41, 5.74) is 5.32. The molecule has 2 N–H and O–H groups in total. The van der Waals surface area contributed by atoms with Crippen LogP contribution >= 0.6 is 0 Å². The zero-order valence-corrected chi connectivity index (χ0v) is 7.40. The lowest BCUT2D eigenvalue weighted by Crippen LogP contribution is -2.18. The normalized spacial score (nSPS) is 19.1. The van der Waals surface area contributed by atoms with E-state index in [4.69, 9.17) is 15.0 Å². The maximum absolute atomic E-state index is 5.32. The van der Waals surface area contributed by atoms with Gasteiger partial charge in [0.2, 0.25) is 0 Å². The first kappa shape index (κ1) is 8.50. The highest BCUT2D eigenvalue weighted by Gasteiger charge is 2.16. The van der Waals surface area contributed by atoms with Crippen LogP contribution in [0.4, 0.5) is 6.01 Å². The third-order valence-corrected chi connectivity index (χ3v) is 2.30. The van der Waals surface area contributed by atoms with E-state index in [2.05, 4.69) is 10.1 Å². The van der Waals surface area contributed by atoms with Gasteiger partial charge in [-0.05, 0) is 18.8 Å². The summed E-state index contributed by atoms with van der Waals surface area (Å²) in [5.74, 6) is 1.33. The molecule has 0 atom stereocenters. The first-order chi connectivity index (χ1) is 6.34. The molecule has 1 aromatic heterocycles. The van der Waals surface area contributed by atoms with Gasteiger partial charge in [-0.2, -0.15) is 4.98 Å². The van der Waals surface area contributed by atoms with Gasteiger partial charge >= 0.3 is 6.01 Å². The molecule has 5 heteroatoms. The lowest BCUT2D eigenvalue weighted by Gasteiger charge is -2.20. The number of nitrogens with two attached hydrogens (primary N) is 1. The van der Waals surface area contributed by atoms with Crippen LogP contribution < -0.4 is 5.73 Å². The number of hydrogen-bond acceptors (Lipinski definition) is 5. The van der Waals surface area contributed by atoms with Crippen molar-refractivity contribution in [3.05, 3.63) is 5.82 Å². The highest BCUT2D eigenvalue weighted by Crippen LogP contribution is 2.18. The Morgan fingerprint density at radius 2 is 2.15 bits per heavy atom. The maximum Gasteiger partial charge on any atom is 0.318 e. The van der Waals surface area contributed by atoms with Crippen molar-refractivity contribution in [3.8, 4) is 0 Å². The van der Waals surface area contributed by atoms with Crippen LogP contribution in [0.3, 0.4) is 0 Å². The first-order valence-corrected chi connectivity index (χ1v) is 4.50. The summed E-state index contributed by atoms with van der Waals surface area (Å²) in [6, 6.07) is 0.155. The molecule has 0 unspecified atom stereocenters. The third-order valence-electron chi connectivity index (χ3n) is 2.30. The topological polar surface area (TPSA) is 74.2 Å². The Labute approximate surface area is 76.3 Å². The number of rotatable bonds is 2. The molecule has 1 aliphatic heterocycles. The van der Waals surface area contributed by atoms with Crippen LogP contribution in [-0.2, 0) is 11.2 Å². The van der Waals surface area contributed by atoms with Gasteiger partial charge in [-0.25, -0.2) is 0 Å². The lowest BCUT2D eigenvalue weighted by molar-refractivity contribution is 0.0658. The third kappa shape index (κ3) is 2.18. The fourth-order valence-electron chi connectivity index (χ4n) is 1.56. The van der Waals surface area contributed by atoms with E-state index in [-0.39, 0.29) is 6.01 Å². The Hall–Kier alpha value is -1.10. The standard InChI is InChI=1S/C8H13N3O2/c9-8-10-7(11-13-8)5-6-1-3-12-4-2-6/h6H,1-5H2,(H2,9,10,11). The van der Waals surface area contributed by atoms with Crippen LogP contribution in [0, 0.1) is 5.92 Å². The summed E-state index contributed by atoms with van der Waals surface area (Å²) in [6.07, 6.45) is 3.01. The SMILES string of the molecule is Nc1nc(CC2CCOCC2)no1. The Bertz CT molecular complexity index is 268. The molecule has 0 aromatic carbocycles. The molecule has 0 bridgehead atoms. The highest BCUT2D eigenvalue weighted by molar-refractivity contribution is 5.07. The second-order valence-corrected chi connectivity index (χ2v) is 3.31. The maximum atomic E-state index is 5.32. The first-order valence-electron chi connectivity index (χ1n) is 4.50. The van der Waals surface area contributed by atoms with Crippen molar-refractivity contribution in [1.82, 2.24) is 10.1 Å². The van der Waals surface area contributed by atoms with E-state index >= 15 is 0 Å². The molecule has 72 valence electrons. The van der Waals surface area contributed by atoms with E-state index in [0.717, 1.165) is 32.5 Å². The Morgan fingerprint density at radius 3 is 2.77 bits per heavy atom. The summed E-state index contributed by atoms with van der Waals surface area (Å²) in [7, 11) is 0. The van der Waals surface area contributed by atoms with Gasteiger partial charge in [0.05, 0.1) is 0 Å². The van der Waals surface area contributed by atoms with Crippen LogP contribution in [0.5, 0.6) is 0 Å². The van der Waals surface area contributed by atoms with Crippen molar-refractivity contribution in [2.75, 3.05) is 18.9 Å². The van der Waals surface area contributed by atoms with E-state index in [0.29, 0.717) is 11.7 Å². The van der Waals surface area contributed by atoms with E-state index < -0.39 is 0 Å². The molecule has 1 fully saturated rings. The number of aromatic nitrogens is 2. The van der Waals surface area contributed by atoms with Gasteiger partial charge in [-0.15, -0.1) is 0 Å². The van der Waals surface area contributed by atoms with Gasteiger partial charge in [0.15, 0.2) is 5.82 Å². The Morgan fingerprint density at radius 1 is 1.38 bits per heavy atom. The summed E-state index contributed by atoms with van der Waals surface area (Å²) >= 11 is 0. The molecule has 13 heavy (non-hydrogen) atoms. The van der Waals surface area contributed by atoms with Gasteiger partial charge in [0, 0.05) is 19.6 Å². The molecule has 2 rings (SSSR count). The summed E-state index contributed by atoms with van der Waals surface area (Å²) in [5, 5.41) is 3.76. The second kappa shape index (κ2) is 3.74. The predicted molar refractivity (Wildman–Crippen MR) is 46.0 cm³/mol. The van der Waals surface area contributed by atoms with Crippen molar-refractivity contribution >= 4 is 6.01 Å².